The summed E-state index contributed by atoms with van der Waals surface area (Å²) in [6.07, 6.45) is 2.10. The Morgan fingerprint density at radius 2 is 2.21 bits per heavy atom. The highest BCUT2D eigenvalue weighted by Gasteiger charge is 2.37. The number of hydrogen-bond donors (Lipinski definition) is 1. The predicted molar refractivity (Wildman–Crippen MR) is 87.7 cm³/mol. The van der Waals surface area contributed by atoms with Crippen LogP contribution in [0.15, 0.2) is 42.6 Å². The van der Waals surface area contributed by atoms with Crippen LogP contribution < -0.4 is 10.2 Å². The molecule has 2 amide bonds. The predicted octanol–water partition coefficient (Wildman–Crippen LogP) is 2.20. The van der Waals surface area contributed by atoms with Crippen molar-refractivity contribution in [1.82, 2.24) is 10.3 Å². The van der Waals surface area contributed by atoms with Crippen LogP contribution in [0, 0.1) is 18.7 Å². The number of aryl methyl sites for hydroxylation is 1. The molecular weight excluding hydrogens is 309 g/mol. The second-order valence-electron chi connectivity index (χ2n) is 5.80. The molecule has 0 aliphatic carbocycles. The molecule has 0 bridgehead atoms. The first-order chi connectivity index (χ1) is 11.6. The van der Waals surface area contributed by atoms with Crippen molar-refractivity contribution in [2.24, 2.45) is 5.92 Å². The van der Waals surface area contributed by atoms with Crippen molar-refractivity contribution in [3.8, 4) is 0 Å². The van der Waals surface area contributed by atoms with E-state index < -0.39 is 5.92 Å². The van der Waals surface area contributed by atoms with Crippen LogP contribution in [0.25, 0.3) is 0 Å². The summed E-state index contributed by atoms with van der Waals surface area (Å²) < 4.78 is 13.2. The van der Waals surface area contributed by atoms with Gasteiger partial charge in [-0.05, 0) is 49.2 Å². The van der Waals surface area contributed by atoms with Gasteiger partial charge in [0, 0.05) is 18.4 Å². The van der Waals surface area contributed by atoms with Crippen molar-refractivity contribution in [1.29, 1.82) is 0 Å². The number of nitrogens with zero attached hydrogens (tertiary/aromatic N) is 2. The van der Waals surface area contributed by atoms with E-state index in [4.69, 9.17) is 0 Å². The molecule has 0 spiro atoms. The first-order valence-corrected chi connectivity index (χ1v) is 7.81. The van der Waals surface area contributed by atoms with Gasteiger partial charge in [0.1, 0.15) is 11.7 Å². The third kappa shape index (κ3) is 3.27. The number of rotatable bonds is 4. The Balaban J connectivity index is 1.66. The zero-order chi connectivity index (χ0) is 17.1. The fourth-order valence-electron chi connectivity index (χ4n) is 2.89. The number of anilines is 1. The minimum absolute atomic E-state index is 0.247. The number of benzene rings is 1. The van der Waals surface area contributed by atoms with Gasteiger partial charge in [0.2, 0.25) is 11.8 Å². The first kappa shape index (κ1) is 16.1. The molecule has 24 heavy (non-hydrogen) atoms. The number of carbonyl (C=O) groups excluding carboxylic acids is 2. The van der Waals surface area contributed by atoms with E-state index >= 15 is 0 Å². The van der Waals surface area contributed by atoms with E-state index in [9.17, 15) is 14.0 Å². The molecular formula is C18H18FN3O2. The number of carbonyl (C=O) groups is 2. The van der Waals surface area contributed by atoms with E-state index in [1.54, 1.807) is 30.2 Å². The molecule has 2 heterocycles. The van der Waals surface area contributed by atoms with Crippen LogP contribution in [-0.2, 0) is 16.1 Å². The molecule has 3 rings (SSSR count). The molecule has 1 aliphatic heterocycles. The van der Waals surface area contributed by atoms with Crippen molar-refractivity contribution < 1.29 is 14.0 Å². The van der Waals surface area contributed by atoms with Gasteiger partial charge in [-0.1, -0.05) is 6.07 Å². The van der Waals surface area contributed by atoms with E-state index in [0.717, 1.165) is 5.69 Å². The Hall–Kier alpha value is -2.76. The number of halogens is 1. The van der Waals surface area contributed by atoms with Crippen molar-refractivity contribution >= 4 is 17.5 Å². The summed E-state index contributed by atoms with van der Waals surface area (Å²) in [4.78, 5) is 30.5. The van der Waals surface area contributed by atoms with E-state index in [1.807, 2.05) is 12.1 Å². The molecule has 1 unspecified atom stereocenters. The Bertz CT molecular complexity index is 764. The molecule has 0 radical (unpaired) electrons. The average Bonchev–Trinajstić information content (AvgIpc) is 2.95. The van der Waals surface area contributed by atoms with Crippen molar-refractivity contribution in [2.75, 3.05) is 11.4 Å². The largest absolute Gasteiger partial charge is 0.350 e. The zero-order valence-electron chi connectivity index (χ0n) is 13.3. The monoisotopic (exact) mass is 327 g/mol. The maximum Gasteiger partial charge on any atom is 0.239 e. The Morgan fingerprint density at radius 3 is 2.92 bits per heavy atom. The van der Waals surface area contributed by atoms with E-state index in [1.165, 1.54) is 12.1 Å². The SMILES string of the molecule is Cc1cc(F)ccc1N1CCC(C(=O)NCc2ccccn2)C1=O. The van der Waals surface area contributed by atoms with Gasteiger partial charge in [0.25, 0.3) is 0 Å². The maximum atomic E-state index is 13.2. The molecule has 6 heteroatoms. The van der Waals surface area contributed by atoms with E-state index in [0.29, 0.717) is 30.8 Å². The van der Waals surface area contributed by atoms with Crippen LogP contribution in [-0.4, -0.2) is 23.3 Å². The smallest absolute Gasteiger partial charge is 0.239 e. The van der Waals surface area contributed by atoms with Gasteiger partial charge in [0.15, 0.2) is 0 Å². The van der Waals surface area contributed by atoms with Crippen molar-refractivity contribution in [3.63, 3.8) is 0 Å². The summed E-state index contributed by atoms with van der Waals surface area (Å²) in [7, 11) is 0. The number of aromatic nitrogens is 1. The van der Waals surface area contributed by atoms with Crippen LogP contribution in [0.1, 0.15) is 17.7 Å². The lowest BCUT2D eigenvalue weighted by atomic mass is 10.1. The second-order valence-corrected chi connectivity index (χ2v) is 5.80. The van der Waals surface area contributed by atoms with Gasteiger partial charge in [-0.15, -0.1) is 0 Å². The Labute approximate surface area is 139 Å². The maximum absolute atomic E-state index is 13.2. The van der Waals surface area contributed by atoms with Gasteiger partial charge in [-0.3, -0.25) is 14.6 Å². The Kier molecular flexibility index (Phi) is 4.55. The molecule has 1 atom stereocenters. The van der Waals surface area contributed by atoms with Crippen molar-refractivity contribution in [3.05, 3.63) is 59.7 Å². The van der Waals surface area contributed by atoms with E-state index in [2.05, 4.69) is 10.3 Å². The fourth-order valence-corrected chi connectivity index (χ4v) is 2.89. The first-order valence-electron chi connectivity index (χ1n) is 7.81. The van der Waals surface area contributed by atoms with Gasteiger partial charge in [-0.25, -0.2) is 4.39 Å². The molecule has 5 nitrogen and oxygen atoms in total. The number of hydrogen-bond acceptors (Lipinski definition) is 3. The van der Waals surface area contributed by atoms with Gasteiger partial charge < -0.3 is 10.2 Å². The van der Waals surface area contributed by atoms with Crippen LogP contribution in [0.3, 0.4) is 0 Å². The summed E-state index contributed by atoms with van der Waals surface area (Å²) in [6.45, 7) is 2.49. The number of amides is 2. The second kappa shape index (κ2) is 6.78. The Morgan fingerprint density at radius 1 is 1.38 bits per heavy atom. The molecule has 1 aromatic carbocycles. The molecule has 1 aliphatic rings. The summed E-state index contributed by atoms with van der Waals surface area (Å²) >= 11 is 0. The summed E-state index contributed by atoms with van der Waals surface area (Å²) in [5.74, 6) is -1.60. The molecule has 1 saturated heterocycles. The van der Waals surface area contributed by atoms with Gasteiger partial charge in [-0.2, -0.15) is 0 Å². The quantitative estimate of drug-likeness (QED) is 0.876. The molecule has 2 aromatic rings. The summed E-state index contributed by atoms with van der Waals surface area (Å²) in [5, 5.41) is 2.76. The lowest BCUT2D eigenvalue weighted by Crippen LogP contribution is -2.36. The average molecular weight is 327 g/mol. The molecule has 1 fully saturated rings. The highest BCUT2D eigenvalue weighted by Crippen LogP contribution is 2.28. The molecule has 0 saturated carbocycles. The standard InChI is InChI=1S/C18H18FN3O2/c1-12-10-13(19)5-6-16(12)22-9-7-15(18(22)24)17(23)21-11-14-4-2-3-8-20-14/h2-6,8,10,15H,7,9,11H2,1H3,(H,21,23). The third-order valence-electron chi connectivity index (χ3n) is 4.14. The lowest BCUT2D eigenvalue weighted by molar-refractivity contribution is -0.132. The van der Waals surface area contributed by atoms with Crippen LogP contribution in [0.2, 0.25) is 0 Å². The lowest BCUT2D eigenvalue weighted by Gasteiger charge is -2.19. The minimum atomic E-state index is -0.710. The minimum Gasteiger partial charge on any atom is -0.350 e. The van der Waals surface area contributed by atoms with Crippen LogP contribution in [0.5, 0.6) is 0 Å². The number of pyridine rings is 1. The molecule has 1 N–H and O–H groups in total. The summed E-state index contributed by atoms with van der Waals surface area (Å²) in [5.41, 5.74) is 2.07. The summed E-state index contributed by atoms with van der Waals surface area (Å²) in [6, 6.07) is 9.74. The van der Waals surface area contributed by atoms with Crippen LogP contribution in [0.4, 0.5) is 10.1 Å². The van der Waals surface area contributed by atoms with Crippen LogP contribution >= 0.6 is 0 Å². The highest BCUT2D eigenvalue weighted by atomic mass is 19.1. The highest BCUT2D eigenvalue weighted by molar-refractivity contribution is 6.09. The fraction of sp³-hybridized carbons (Fsp3) is 0.278. The topological polar surface area (TPSA) is 62.3 Å². The van der Waals surface area contributed by atoms with Gasteiger partial charge >= 0.3 is 0 Å². The number of nitrogens with one attached hydrogen (secondary N) is 1. The normalized spacial score (nSPS) is 17.2. The third-order valence-corrected chi connectivity index (χ3v) is 4.14. The van der Waals surface area contributed by atoms with Gasteiger partial charge in [0.05, 0.1) is 12.2 Å². The van der Waals surface area contributed by atoms with Crippen molar-refractivity contribution in [2.45, 2.75) is 19.9 Å². The molecule has 1 aromatic heterocycles. The molecule has 124 valence electrons. The zero-order valence-corrected chi connectivity index (χ0v) is 13.3. The van der Waals surface area contributed by atoms with E-state index in [-0.39, 0.29) is 17.6 Å².